The van der Waals surface area contributed by atoms with Crippen LogP contribution in [-0.4, -0.2) is 65.3 Å². The number of amides is 3. The van der Waals surface area contributed by atoms with Gasteiger partial charge in [0.05, 0.1) is 11.8 Å². The first-order chi connectivity index (χ1) is 17.0. The second-order valence-electron chi connectivity index (χ2n) is 8.89. The highest BCUT2D eigenvalue weighted by molar-refractivity contribution is 5.87. The molecule has 1 saturated heterocycles. The van der Waals surface area contributed by atoms with Crippen molar-refractivity contribution in [2.45, 2.75) is 31.9 Å². The second-order valence-corrected chi connectivity index (χ2v) is 8.89. The topological polar surface area (TPSA) is 124 Å². The van der Waals surface area contributed by atoms with Gasteiger partial charge in [0, 0.05) is 50.8 Å². The summed E-state index contributed by atoms with van der Waals surface area (Å²) in [5.41, 5.74) is 3.65. The highest BCUT2D eigenvalue weighted by Crippen LogP contribution is 2.34. The van der Waals surface area contributed by atoms with E-state index in [0.29, 0.717) is 39.0 Å². The summed E-state index contributed by atoms with van der Waals surface area (Å²) in [6.45, 7) is 2.82. The first kappa shape index (κ1) is 24.5. The van der Waals surface area contributed by atoms with Crippen molar-refractivity contribution in [3.63, 3.8) is 0 Å². The average molecular weight is 482 g/mol. The van der Waals surface area contributed by atoms with E-state index in [4.69, 9.17) is 4.74 Å². The summed E-state index contributed by atoms with van der Waals surface area (Å²) < 4.78 is 5.51. The number of alkyl carbamates (subject to hydrolysis) is 1. The first-order valence-corrected chi connectivity index (χ1v) is 11.9. The molecule has 1 saturated carbocycles. The number of carbonyl (C=O) groups excluding carboxylic acids is 3. The number of ether oxygens (including phenoxy) is 1. The second kappa shape index (κ2) is 11.7. The van der Waals surface area contributed by atoms with E-state index in [9.17, 15) is 19.6 Å². The van der Waals surface area contributed by atoms with Gasteiger partial charge < -0.3 is 19.9 Å². The Bertz CT molecular complexity index is 998. The largest absolute Gasteiger partial charge is 0.446 e. The Morgan fingerprint density at radius 3 is 2.46 bits per heavy atom. The fourth-order valence-corrected chi connectivity index (χ4v) is 4.84. The molecule has 4 rings (SSSR count). The normalized spacial score (nSPS) is 22.3. The van der Waals surface area contributed by atoms with E-state index in [1.54, 1.807) is 28.8 Å². The predicted octanol–water partition coefficient (Wildman–Crippen LogP) is 1.95. The fraction of sp³-hybridized carbons (Fsp3) is 0.440. The Labute approximate surface area is 204 Å². The van der Waals surface area contributed by atoms with Crippen LogP contribution in [0.1, 0.15) is 24.8 Å². The molecule has 2 aliphatic rings. The molecular weight excluding hydrogens is 450 g/mol. The molecule has 3 atom stereocenters. The van der Waals surface area contributed by atoms with E-state index in [1.165, 1.54) is 0 Å². The third kappa shape index (κ3) is 6.27. The number of rotatable bonds is 6. The van der Waals surface area contributed by atoms with E-state index in [0.717, 1.165) is 11.3 Å². The van der Waals surface area contributed by atoms with Gasteiger partial charge in [-0.15, -0.1) is 0 Å². The molecular formula is C25H31N5O5. The number of para-hydroxylation sites is 1. The van der Waals surface area contributed by atoms with Crippen LogP contribution in [0.15, 0.2) is 54.9 Å². The SMILES string of the molecule is O=C(NCc1cccnc1)O[C@@H]1CC[C@H](C(=O)N2CCN(c3ccccc3)CC2)[C@@H](C(=O)NO)C1. The lowest BCUT2D eigenvalue weighted by atomic mass is 9.76. The third-order valence-electron chi connectivity index (χ3n) is 6.71. The number of hydrogen-bond donors (Lipinski definition) is 3. The highest BCUT2D eigenvalue weighted by atomic mass is 16.6. The van der Waals surface area contributed by atoms with Crippen LogP contribution in [0.5, 0.6) is 0 Å². The van der Waals surface area contributed by atoms with Crippen LogP contribution in [0, 0.1) is 11.8 Å². The summed E-state index contributed by atoms with van der Waals surface area (Å²) >= 11 is 0. The Morgan fingerprint density at radius 1 is 1.00 bits per heavy atom. The number of aromatic nitrogens is 1. The minimum absolute atomic E-state index is 0.0919. The molecule has 1 aliphatic heterocycles. The molecule has 1 aliphatic carbocycles. The Kier molecular flexibility index (Phi) is 8.15. The van der Waals surface area contributed by atoms with E-state index < -0.39 is 29.9 Å². The molecule has 10 heteroatoms. The van der Waals surface area contributed by atoms with E-state index in [1.807, 2.05) is 36.4 Å². The van der Waals surface area contributed by atoms with Crippen LogP contribution in [0.25, 0.3) is 0 Å². The maximum atomic E-state index is 13.3. The maximum absolute atomic E-state index is 13.3. The van der Waals surface area contributed by atoms with Crippen LogP contribution < -0.4 is 15.7 Å². The molecule has 2 heterocycles. The van der Waals surface area contributed by atoms with Crippen LogP contribution in [-0.2, 0) is 20.9 Å². The van der Waals surface area contributed by atoms with Crippen molar-refractivity contribution in [1.82, 2.24) is 20.7 Å². The number of hydrogen-bond acceptors (Lipinski definition) is 7. The van der Waals surface area contributed by atoms with Crippen molar-refractivity contribution in [1.29, 1.82) is 0 Å². The standard InChI is InChI=1S/C25H31N5O5/c31-23(28-34)22-15-20(35-25(33)27-17-18-5-4-10-26-16-18)8-9-21(22)24(32)30-13-11-29(12-14-30)19-6-2-1-3-7-19/h1-7,10,16,20-22,34H,8-9,11-15,17H2,(H,27,33)(H,28,31)/t20-,21+,22+/m1/s1. The maximum Gasteiger partial charge on any atom is 0.407 e. The third-order valence-corrected chi connectivity index (χ3v) is 6.71. The monoisotopic (exact) mass is 481 g/mol. The molecule has 3 amide bonds. The molecule has 0 bridgehead atoms. The van der Waals surface area contributed by atoms with Crippen molar-refractivity contribution in [2.75, 3.05) is 31.1 Å². The van der Waals surface area contributed by atoms with Gasteiger partial charge in [0.1, 0.15) is 6.10 Å². The zero-order chi connectivity index (χ0) is 24.6. The van der Waals surface area contributed by atoms with Crippen molar-refractivity contribution in [3.8, 4) is 0 Å². The molecule has 10 nitrogen and oxygen atoms in total. The molecule has 35 heavy (non-hydrogen) atoms. The Hall–Kier alpha value is -3.66. The molecule has 0 radical (unpaired) electrons. The lowest BCUT2D eigenvalue weighted by Crippen LogP contribution is -2.53. The van der Waals surface area contributed by atoms with Gasteiger partial charge in [0.15, 0.2) is 0 Å². The summed E-state index contributed by atoms with van der Waals surface area (Å²) in [6.07, 6.45) is 3.23. The number of piperazine rings is 1. The molecule has 186 valence electrons. The van der Waals surface area contributed by atoms with Gasteiger partial charge in [-0.2, -0.15) is 0 Å². The number of hydroxylamine groups is 1. The number of anilines is 1. The van der Waals surface area contributed by atoms with Crippen LogP contribution in [0.2, 0.25) is 0 Å². The lowest BCUT2D eigenvalue weighted by Gasteiger charge is -2.40. The number of pyridine rings is 1. The van der Waals surface area contributed by atoms with E-state index >= 15 is 0 Å². The zero-order valence-corrected chi connectivity index (χ0v) is 19.5. The zero-order valence-electron chi connectivity index (χ0n) is 19.5. The summed E-state index contributed by atoms with van der Waals surface area (Å²) in [7, 11) is 0. The lowest BCUT2D eigenvalue weighted by molar-refractivity contribution is -0.149. The van der Waals surface area contributed by atoms with Gasteiger partial charge in [-0.3, -0.25) is 19.8 Å². The fourth-order valence-electron chi connectivity index (χ4n) is 4.84. The van der Waals surface area contributed by atoms with Crippen LogP contribution in [0.3, 0.4) is 0 Å². The minimum atomic E-state index is -0.774. The number of carbonyl (C=O) groups is 3. The highest BCUT2D eigenvalue weighted by Gasteiger charge is 2.42. The summed E-state index contributed by atoms with van der Waals surface area (Å²) in [5, 5.41) is 12.0. The van der Waals surface area contributed by atoms with Crippen molar-refractivity contribution >= 4 is 23.6 Å². The van der Waals surface area contributed by atoms with Gasteiger partial charge in [0.2, 0.25) is 11.8 Å². The van der Waals surface area contributed by atoms with Gasteiger partial charge in [0.25, 0.3) is 0 Å². The number of benzene rings is 1. The average Bonchev–Trinajstić information content (AvgIpc) is 2.92. The molecule has 2 aromatic rings. The van der Waals surface area contributed by atoms with E-state index in [2.05, 4.69) is 15.2 Å². The van der Waals surface area contributed by atoms with Crippen molar-refractivity contribution < 1.29 is 24.3 Å². The van der Waals surface area contributed by atoms with Crippen molar-refractivity contribution in [3.05, 3.63) is 60.4 Å². The first-order valence-electron chi connectivity index (χ1n) is 11.9. The summed E-state index contributed by atoms with van der Waals surface area (Å²) in [5.74, 6) is -2.06. The van der Waals surface area contributed by atoms with Crippen LogP contribution in [0.4, 0.5) is 10.5 Å². The van der Waals surface area contributed by atoms with Crippen molar-refractivity contribution in [2.24, 2.45) is 11.8 Å². The summed E-state index contributed by atoms with van der Waals surface area (Å²) in [6, 6.07) is 13.7. The van der Waals surface area contributed by atoms with Gasteiger partial charge in [-0.05, 0) is 43.0 Å². The van der Waals surface area contributed by atoms with E-state index in [-0.39, 0.29) is 18.9 Å². The molecule has 2 fully saturated rings. The molecule has 1 aromatic heterocycles. The molecule has 0 spiro atoms. The molecule has 1 aromatic carbocycles. The number of nitrogens with zero attached hydrogens (tertiary/aromatic N) is 3. The quantitative estimate of drug-likeness (QED) is 0.426. The van der Waals surface area contributed by atoms with Gasteiger partial charge in [-0.1, -0.05) is 24.3 Å². The summed E-state index contributed by atoms with van der Waals surface area (Å²) in [4.78, 5) is 46.1. The smallest absolute Gasteiger partial charge is 0.407 e. The van der Waals surface area contributed by atoms with Gasteiger partial charge in [-0.25, -0.2) is 10.3 Å². The molecule has 0 unspecified atom stereocenters. The molecule has 3 N–H and O–H groups in total. The Balaban J connectivity index is 1.31. The predicted molar refractivity (Wildman–Crippen MR) is 127 cm³/mol. The Morgan fingerprint density at radius 2 is 1.77 bits per heavy atom. The van der Waals surface area contributed by atoms with Gasteiger partial charge >= 0.3 is 6.09 Å². The minimum Gasteiger partial charge on any atom is -0.446 e. The number of nitrogens with one attached hydrogen (secondary N) is 2. The van der Waals surface area contributed by atoms with Crippen LogP contribution >= 0.6 is 0 Å².